The minimum Gasteiger partial charge on any atom is -0.504 e. The van der Waals surface area contributed by atoms with Gasteiger partial charge < -0.3 is 19.6 Å². The maximum Gasteiger partial charge on any atom is 0.270 e. The number of hydrogen-bond acceptors (Lipinski definition) is 6. The highest BCUT2D eigenvalue weighted by Crippen LogP contribution is 2.18. The lowest BCUT2D eigenvalue weighted by atomic mass is 10.0. The van der Waals surface area contributed by atoms with Gasteiger partial charge in [-0.25, -0.2) is 4.98 Å². The molecule has 0 bridgehead atoms. The van der Waals surface area contributed by atoms with Crippen molar-refractivity contribution in [1.29, 1.82) is 0 Å². The lowest BCUT2D eigenvalue weighted by Crippen LogP contribution is -2.49. The van der Waals surface area contributed by atoms with Crippen LogP contribution in [0.25, 0.3) is 5.65 Å². The van der Waals surface area contributed by atoms with Crippen LogP contribution in [0.2, 0.25) is 0 Å². The summed E-state index contributed by atoms with van der Waals surface area (Å²) in [6.45, 7) is 2.64. The molecule has 2 aromatic rings. The normalized spacial score (nSPS) is 16.1. The maximum atomic E-state index is 13.1. The Labute approximate surface area is 151 Å². The Hall–Kier alpha value is -2.45. The average molecular weight is 360 g/mol. The van der Waals surface area contributed by atoms with Crippen LogP contribution in [0, 0.1) is 0 Å². The van der Waals surface area contributed by atoms with Gasteiger partial charge in [0, 0.05) is 32.1 Å². The molecule has 8 heteroatoms. The van der Waals surface area contributed by atoms with Crippen LogP contribution in [0.4, 0.5) is 0 Å². The van der Waals surface area contributed by atoms with E-state index in [9.17, 15) is 14.7 Å². The van der Waals surface area contributed by atoms with Gasteiger partial charge in [-0.15, -0.1) is 0 Å². The van der Waals surface area contributed by atoms with E-state index in [2.05, 4.69) is 16.9 Å². The van der Waals surface area contributed by atoms with Gasteiger partial charge in [0.25, 0.3) is 11.5 Å². The third-order valence-electron chi connectivity index (χ3n) is 4.87. The summed E-state index contributed by atoms with van der Waals surface area (Å²) in [5.41, 5.74) is -0.342. The number of carbonyl (C=O) groups is 1. The van der Waals surface area contributed by atoms with Crippen LogP contribution in [0.5, 0.6) is 5.75 Å². The van der Waals surface area contributed by atoms with Crippen LogP contribution in [0.15, 0.2) is 29.3 Å². The molecule has 0 atom stereocenters. The summed E-state index contributed by atoms with van der Waals surface area (Å²) in [5, 5.41) is 9.84. The van der Waals surface area contributed by atoms with E-state index < -0.39 is 5.56 Å². The van der Waals surface area contributed by atoms with Crippen molar-refractivity contribution in [3.63, 3.8) is 0 Å². The minimum atomic E-state index is -0.480. The average Bonchev–Trinajstić information content (AvgIpc) is 2.64. The molecule has 0 aliphatic carbocycles. The zero-order valence-electron chi connectivity index (χ0n) is 15.1. The lowest BCUT2D eigenvalue weighted by molar-refractivity contribution is 0.0502. The molecule has 3 rings (SSSR count). The molecule has 3 heterocycles. The van der Waals surface area contributed by atoms with E-state index in [1.54, 1.807) is 18.1 Å². The van der Waals surface area contributed by atoms with Crippen LogP contribution < -0.4 is 5.56 Å². The number of amides is 1. The van der Waals surface area contributed by atoms with Crippen LogP contribution in [-0.4, -0.2) is 76.6 Å². The summed E-state index contributed by atoms with van der Waals surface area (Å²) in [6, 6.07) is 3.06. The highest BCUT2D eigenvalue weighted by molar-refractivity contribution is 5.94. The first-order valence-electron chi connectivity index (χ1n) is 8.70. The molecule has 26 heavy (non-hydrogen) atoms. The third-order valence-corrected chi connectivity index (χ3v) is 4.87. The highest BCUT2D eigenvalue weighted by atomic mass is 16.5. The van der Waals surface area contributed by atoms with Crippen molar-refractivity contribution in [2.24, 2.45) is 0 Å². The maximum absolute atomic E-state index is 13.1. The Balaban J connectivity index is 1.94. The molecule has 0 aromatic carbocycles. The largest absolute Gasteiger partial charge is 0.504 e. The molecule has 1 aliphatic heterocycles. The number of likely N-dealkylation sites (tertiary alicyclic amines) is 1. The van der Waals surface area contributed by atoms with Gasteiger partial charge in [-0.3, -0.25) is 14.0 Å². The van der Waals surface area contributed by atoms with E-state index in [4.69, 9.17) is 4.74 Å². The fraction of sp³-hybridized carbons (Fsp3) is 0.500. The third kappa shape index (κ3) is 3.56. The highest BCUT2D eigenvalue weighted by Gasteiger charge is 2.29. The molecule has 0 spiro atoms. The fourth-order valence-corrected chi connectivity index (χ4v) is 3.34. The first-order chi connectivity index (χ1) is 12.5. The number of methoxy groups -OCH3 is 1. The fourth-order valence-electron chi connectivity index (χ4n) is 3.34. The molecule has 0 saturated carbocycles. The summed E-state index contributed by atoms with van der Waals surface area (Å²) in [5.74, 6) is -0.443. The van der Waals surface area contributed by atoms with Crippen LogP contribution >= 0.6 is 0 Å². The van der Waals surface area contributed by atoms with Crippen LogP contribution in [-0.2, 0) is 4.74 Å². The number of aromatic nitrogens is 2. The van der Waals surface area contributed by atoms with Crippen molar-refractivity contribution in [3.8, 4) is 5.75 Å². The van der Waals surface area contributed by atoms with Gasteiger partial charge >= 0.3 is 0 Å². The zero-order chi connectivity index (χ0) is 18.7. The van der Waals surface area contributed by atoms with E-state index in [1.807, 2.05) is 0 Å². The summed E-state index contributed by atoms with van der Waals surface area (Å²) < 4.78 is 6.35. The molecule has 1 aliphatic rings. The number of ether oxygens (including phenoxy) is 1. The Bertz CT molecular complexity index is 843. The van der Waals surface area contributed by atoms with E-state index >= 15 is 0 Å². The van der Waals surface area contributed by atoms with Gasteiger partial charge in [-0.1, -0.05) is 0 Å². The topological polar surface area (TPSA) is 87.4 Å². The van der Waals surface area contributed by atoms with E-state index in [-0.39, 0.29) is 28.9 Å². The molecule has 0 radical (unpaired) electrons. The van der Waals surface area contributed by atoms with Crippen LogP contribution in [0.3, 0.4) is 0 Å². The number of pyridine rings is 1. The Morgan fingerprint density at radius 3 is 2.85 bits per heavy atom. The van der Waals surface area contributed by atoms with Crippen molar-refractivity contribution < 1.29 is 14.6 Å². The van der Waals surface area contributed by atoms with Crippen molar-refractivity contribution >= 4 is 11.6 Å². The molecule has 2 aromatic heterocycles. The second-order valence-electron chi connectivity index (χ2n) is 6.59. The number of nitrogens with zero attached hydrogens (tertiary/aromatic N) is 4. The molecule has 1 N–H and O–H groups in total. The van der Waals surface area contributed by atoms with Gasteiger partial charge in [-0.05, 0) is 45.1 Å². The minimum absolute atomic E-state index is 0.00290. The Kier molecular flexibility index (Phi) is 5.53. The number of aromatic hydroxyl groups is 1. The van der Waals surface area contributed by atoms with Crippen molar-refractivity contribution in [3.05, 3.63) is 40.4 Å². The molecule has 8 nitrogen and oxygen atoms in total. The standard InChI is InChI=1S/C18H24N4O4/c1-20-8-5-13(6-9-20)21(10-11-26-2)17(24)14-12-19-16-15(23)4-3-7-22(16)18(14)25/h3-4,7,12-13,23H,5-6,8-11H2,1-2H3. The summed E-state index contributed by atoms with van der Waals surface area (Å²) >= 11 is 0. The lowest BCUT2D eigenvalue weighted by Gasteiger charge is -2.37. The molecule has 0 unspecified atom stereocenters. The van der Waals surface area contributed by atoms with E-state index in [0.29, 0.717) is 13.2 Å². The first kappa shape index (κ1) is 18.3. The molecule has 1 amide bonds. The zero-order valence-corrected chi connectivity index (χ0v) is 15.1. The van der Waals surface area contributed by atoms with Crippen LogP contribution in [0.1, 0.15) is 23.2 Å². The Morgan fingerprint density at radius 2 is 2.15 bits per heavy atom. The van der Waals surface area contributed by atoms with Gasteiger partial charge in [0.05, 0.1) is 6.61 Å². The first-order valence-corrected chi connectivity index (χ1v) is 8.70. The molecular formula is C18H24N4O4. The van der Waals surface area contributed by atoms with Gasteiger partial charge in [0.15, 0.2) is 11.4 Å². The quantitative estimate of drug-likeness (QED) is 0.839. The van der Waals surface area contributed by atoms with E-state index in [1.165, 1.54) is 22.9 Å². The number of carbonyl (C=O) groups excluding carboxylic acids is 1. The van der Waals surface area contributed by atoms with Crippen molar-refractivity contribution in [2.75, 3.05) is 40.4 Å². The van der Waals surface area contributed by atoms with Gasteiger partial charge in [-0.2, -0.15) is 0 Å². The van der Waals surface area contributed by atoms with Gasteiger partial charge in [0.1, 0.15) is 5.56 Å². The predicted octanol–water partition coefficient (Wildman–Crippen LogP) is 0.583. The molecule has 140 valence electrons. The smallest absolute Gasteiger partial charge is 0.270 e. The van der Waals surface area contributed by atoms with Gasteiger partial charge in [0.2, 0.25) is 0 Å². The number of fused-ring (bicyclic) bond motifs is 1. The summed E-state index contributed by atoms with van der Waals surface area (Å²) in [7, 11) is 3.65. The summed E-state index contributed by atoms with van der Waals surface area (Å²) in [6.07, 6.45) is 4.47. The molecule has 1 saturated heterocycles. The monoisotopic (exact) mass is 360 g/mol. The number of piperidine rings is 1. The predicted molar refractivity (Wildman–Crippen MR) is 96.6 cm³/mol. The van der Waals surface area contributed by atoms with Crippen molar-refractivity contribution in [2.45, 2.75) is 18.9 Å². The number of rotatable bonds is 5. The second kappa shape index (κ2) is 7.84. The SMILES string of the molecule is COCCN(C(=O)c1cnc2c(O)cccn2c1=O)C1CCN(C)CC1. The second-order valence-corrected chi connectivity index (χ2v) is 6.59. The number of hydrogen-bond donors (Lipinski definition) is 1. The van der Waals surface area contributed by atoms with E-state index in [0.717, 1.165) is 25.9 Å². The molecule has 1 fully saturated rings. The Morgan fingerprint density at radius 1 is 1.42 bits per heavy atom. The molecular weight excluding hydrogens is 336 g/mol. The van der Waals surface area contributed by atoms with Crippen molar-refractivity contribution in [1.82, 2.24) is 19.2 Å². The summed E-state index contributed by atoms with van der Waals surface area (Å²) in [4.78, 5) is 33.9.